The minimum absolute atomic E-state index is 0.00266. The summed E-state index contributed by atoms with van der Waals surface area (Å²) in [5, 5.41) is 9.78. The fourth-order valence-corrected chi connectivity index (χ4v) is 2.58. The molecule has 2 nitrogen and oxygen atoms in total. The molecule has 0 fully saturated rings. The molecule has 1 heterocycles. The molecule has 3 aromatic rings. The van der Waals surface area contributed by atoms with E-state index in [1.165, 1.54) is 0 Å². The Morgan fingerprint density at radius 3 is 2.12 bits per heavy atom. The van der Waals surface area contributed by atoms with Gasteiger partial charge in [-0.2, -0.15) is 18.4 Å². The van der Waals surface area contributed by atoms with Crippen LogP contribution in [0.1, 0.15) is 11.1 Å². The summed E-state index contributed by atoms with van der Waals surface area (Å²) in [6, 6.07) is 17.2. The van der Waals surface area contributed by atoms with E-state index < -0.39 is 17.3 Å². The largest absolute Gasteiger partial charge is 0.417 e. The van der Waals surface area contributed by atoms with E-state index in [-0.39, 0.29) is 11.4 Å². The lowest BCUT2D eigenvalue weighted by Gasteiger charge is -2.14. The maximum absolute atomic E-state index is 13.5. The molecule has 0 unspecified atom stereocenters. The molecule has 0 saturated carbocycles. The van der Waals surface area contributed by atoms with Gasteiger partial charge in [0.25, 0.3) is 0 Å². The van der Waals surface area contributed by atoms with Gasteiger partial charge in [0, 0.05) is 16.1 Å². The lowest BCUT2D eigenvalue weighted by Crippen LogP contribution is -2.10. The molecule has 0 bridgehead atoms. The van der Waals surface area contributed by atoms with Gasteiger partial charge in [-0.3, -0.25) is 0 Å². The Kier molecular flexibility index (Phi) is 4.47. The molecule has 1 aromatic heterocycles. The fourth-order valence-electron chi connectivity index (χ4n) is 2.46. The van der Waals surface area contributed by atoms with Crippen LogP contribution in [0, 0.1) is 11.3 Å². The molecule has 0 aliphatic rings. The average molecular weight is 359 g/mol. The van der Waals surface area contributed by atoms with Crippen molar-refractivity contribution in [3.8, 4) is 28.6 Å². The van der Waals surface area contributed by atoms with Crippen molar-refractivity contribution in [3.05, 3.63) is 76.8 Å². The Bertz CT molecular complexity index is 943. The van der Waals surface area contributed by atoms with E-state index in [4.69, 9.17) is 11.6 Å². The standard InChI is InChI=1S/C19H10ClF3N2/c20-14-8-6-12(7-9-14)17-10-16(19(21,22)23)15(11-24)18(25-17)13-4-2-1-3-5-13/h1-10H. The van der Waals surface area contributed by atoms with Crippen molar-refractivity contribution in [2.24, 2.45) is 0 Å². The quantitative estimate of drug-likeness (QED) is 0.566. The highest BCUT2D eigenvalue weighted by atomic mass is 35.5. The lowest BCUT2D eigenvalue weighted by atomic mass is 9.98. The van der Waals surface area contributed by atoms with E-state index in [0.717, 1.165) is 6.07 Å². The molecule has 0 aliphatic heterocycles. The van der Waals surface area contributed by atoms with Crippen LogP contribution in [0.5, 0.6) is 0 Å². The normalized spacial score (nSPS) is 11.2. The van der Waals surface area contributed by atoms with E-state index >= 15 is 0 Å². The Morgan fingerprint density at radius 2 is 1.56 bits per heavy atom. The number of halogens is 4. The summed E-state index contributed by atoms with van der Waals surface area (Å²) in [6.45, 7) is 0. The molecule has 0 aliphatic carbocycles. The summed E-state index contributed by atoms with van der Waals surface area (Å²) in [7, 11) is 0. The molecule has 0 radical (unpaired) electrons. The topological polar surface area (TPSA) is 36.7 Å². The Labute approximate surface area is 147 Å². The first-order chi connectivity index (χ1) is 11.9. The van der Waals surface area contributed by atoms with Crippen LogP contribution in [0.25, 0.3) is 22.5 Å². The summed E-state index contributed by atoms with van der Waals surface area (Å²) < 4.78 is 40.5. The van der Waals surface area contributed by atoms with E-state index in [0.29, 0.717) is 16.1 Å². The second kappa shape index (κ2) is 6.58. The van der Waals surface area contributed by atoms with Gasteiger partial charge in [-0.15, -0.1) is 0 Å². The van der Waals surface area contributed by atoms with E-state index in [9.17, 15) is 18.4 Å². The van der Waals surface area contributed by atoms with Crippen molar-refractivity contribution in [2.45, 2.75) is 6.18 Å². The van der Waals surface area contributed by atoms with E-state index in [1.807, 2.05) is 0 Å². The van der Waals surface area contributed by atoms with Gasteiger partial charge in [0.2, 0.25) is 0 Å². The maximum atomic E-state index is 13.5. The van der Waals surface area contributed by atoms with Gasteiger partial charge in [0.15, 0.2) is 0 Å². The molecule has 0 saturated heterocycles. The van der Waals surface area contributed by atoms with Gasteiger partial charge >= 0.3 is 6.18 Å². The van der Waals surface area contributed by atoms with Crippen LogP contribution in [-0.4, -0.2) is 4.98 Å². The summed E-state index contributed by atoms with van der Waals surface area (Å²) in [5.41, 5.74) is -0.438. The molecule has 0 spiro atoms. The number of pyridine rings is 1. The molecule has 2 aromatic carbocycles. The zero-order chi connectivity index (χ0) is 18.0. The molecule has 6 heteroatoms. The van der Waals surface area contributed by atoms with Gasteiger partial charge < -0.3 is 0 Å². The predicted molar refractivity (Wildman–Crippen MR) is 89.8 cm³/mol. The molecular formula is C19H10ClF3N2. The first-order valence-corrected chi connectivity index (χ1v) is 7.61. The highest BCUT2D eigenvalue weighted by molar-refractivity contribution is 6.30. The molecular weight excluding hydrogens is 349 g/mol. The van der Waals surface area contributed by atoms with Crippen molar-refractivity contribution < 1.29 is 13.2 Å². The first-order valence-electron chi connectivity index (χ1n) is 7.24. The van der Waals surface area contributed by atoms with Crippen LogP contribution in [0.3, 0.4) is 0 Å². The van der Waals surface area contributed by atoms with Gasteiger partial charge in [-0.25, -0.2) is 4.98 Å². The summed E-state index contributed by atoms with van der Waals surface area (Å²) in [6.07, 6.45) is -4.67. The number of alkyl halides is 3. The predicted octanol–water partition coefficient (Wildman–Crippen LogP) is 5.96. The summed E-state index contributed by atoms with van der Waals surface area (Å²) in [5.74, 6) is 0. The molecule has 124 valence electrons. The highest BCUT2D eigenvalue weighted by Gasteiger charge is 2.36. The molecule has 0 amide bonds. The first kappa shape index (κ1) is 17.0. The van der Waals surface area contributed by atoms with E-state index in [1.54, 1.807) is 60.7 Å². The van der Waals surface area contributed by atoms with Crippen LogP contribution >= 0.6 is 11.6 Å². The number of hydrogen-bond acceptors (Lipinski definition) is 2. The fraction of sp³-hybridized carbons (Fsp3) is 0.0526. The number of nitrogens with zero attached hydrogens (tertiary/aromatic N) is 2. The van der Waals surface area contributed by atoms with Crippen molar-refractivity contribution in [1.82, 2.24) is 4.98 Å². The minimum atomic E-state index is -4.67. The number of rotatable bonds is 2. The second-order valence-electron chi connectivity index (χ2n) is 5.26. The van der Waals surface area contributed by atoms with Crippen molar-refractivity contribution >= 4 is 11.6 Å². The monoisotopic (exact) mass is 358 g/mol. The second-order valence-corrected chi connectivity index (χ2v) is 5.70. The minimum Gasteiger partial charge on any atom is -0.246 e. The van der Waals surface area contributed by atoms with Crippen LogP contribution in [0.15, 0.2) is 60.7 Å². The molecule has 3 rings (SSSR count). The Balaban J connectivity index is 2.32. The lowest BCUT2D eigenvalue weighted by molar-refractivity contribution is -0.137. The maximum Gasteiger partial charge on any atom is 0.417 e. The SMILES string of the molecule is N#Cc1c(C(F)(F)F)cc(-c2ccc(Cl)cc2)nc1-c1ccccc1. The van der Waals surface area contributed by atoms with Crippen LogP contribution in [0.4, 0.5) is 13.2 Å². The van der Waals surface area contributed by atoms with Crippen LogP contribution < -0.4 is 0 Å². The van der Waals surface area contributed by atoms with E-state index in [2.05, 4.69) is 4.98 Å². The smallest absolute Gasteiger partial charge is 0.246 e. The van der Waals surface area contributed by atoms with Gasteiger partial charge in [-0.05, 0) is 18.2 Å². The Morgan fingerprint density at radius 1 is 0.920 bits per heavy atom. The molecule has 25 heavy (non-hydrogen) atoms. The molecule has 0 N–H and O–H groups in total. The average Bonchev–Trinajstić information content (AvgIpc) is 2.61. The van der Waals surface area contributed by atoms with Crippen molar-refractivity contribution in [3.63, 3.8) is 0 Å². The number of aromatic nitrogens is 1. The third-order valence-corrected chi connectivity index (χ3v) is 3.88. The van der Waals surface area contributed by atoms with Crippen molar-refractivity contribution in [2.75, 3.05) is 0 Å². The third-order valence-electron chi connectivity index (χ3n) is 3.62. The molecule has 0 atom stereocenters. The van der Waals surface area contributed by atoms with Crippen LogP contribution in [-0.2, 0) is 6.18 Å². The number of nitriles is 1. The number of benzene rings is 2. The van der Waals surface area contributed by atoms with Gasteiger partial charge in [0.05, 0.1) is 22.5 Å². The highest BCUT2D eigenvalue weighted by Crippen LogP contribution is 2.38. The Hall–Kier alpha value is -2.84. The van der Waals surface area contributed by atoms with Gasteiger partial charge in [0.1, 0.15) is 6.07 Å². The van der Waals surface area contributed by atoms with Gasteiger partial charge in [-0.1, -0.05) is 54.1 Å². The third kappa shape index (κ3) is 3.49. The summed E-state index contributed by atoms with van der Waals surface area (Å²) >= 11 is 5.83. The summed E-state index contributed by atoms with van der Waals surface area (Å²) in [4.78, 5) is 4.32. The van der Waals surface area contributed by atoms with Crippen LogP contribution in [0.2, 0.25) is 5.02 Å². The zero-order valence-electron chi connectivity index (χ0n) is 12.7. The zero-order valence-corrected chi connectivity index (χ0v) is 13.4. The van der Waals surface area contributed by atoms with Crippen molar-refractivity contribution in [1.29, 1.82) is 5.26 Å². The number of hydrogen-bond donors (Lipinski definition) is 0.